The third kappa shape index (κ3) is 17.0. The van der Waals surface area contributed by atoms with Gasteiger partial charge in [0.15, 0.2) is 37.7 Å². The third-order valence-corrected chi connectivity index (χ3v) is 15.6. The smallest absolute Gasteiger partial charge is 0.394 e. The standard InChI is InChI=1S/C47H79N5O33S/c1-13-29(61)36(68)37(69)47(76-13)74-11-22-40(32(64)24(42(70)77-22)48-14(2)56)84-46-28(52-18(6)60)35(67)41(23(81-46)12-75-86(71,72)73-7)85-45-27(51-17(5)59)34(66)39(21(10-55)80-45)83-44-26(50-16(4)58)33(65)38(20(9-54)79-44)82-43-25(49-15(3)57)31(63)30(62)19(8-53)78-43/h13,19-47,53-55,61-70H,8-12H2,1-7H3,(H,48,56)(H,49,57)(H,50,58)(H,51,59)(H,52,60). The zero-order valence-electron chi connectivity index (χ0n) is 47.2. The van der Waals surface area contributed by atoms with Crippen molar-refractivity contribution in [1.82, 2.24) is 26.6 Å². The summed E-state index contributed by atoms with van der Waals surface area (Å²) < 4.78 is 99.9. The van der Waals surface area contributed by atoms with Crippen LogP contribution in [0.15, 0.2) is 0 Å². The zero-order chi connectivity index (χ0) is 64.0. The molecule has 6 rings (SSSR count). The highest BCUT2D eigenvalue weighted by molar-refractivity contribution is 7.81. The van der Waals surface area contributed by atoms with E-state index in [4.69, 9.17) is 56.3 Å². The van der Waals surface area contributed by atoms with Gasteiger partial charge in [-0.15, -0.1) is 0 Å². The van der Waals surface area contributed by atoms with Crippen molar-refractivity contribution in [1.29, 1.82) is 0 Å². The maximum absolute atomic E-state index is 12.9. The van der Waals surface area contributed by atoms with E-state index in [9.17, 15) is 98.8 Å². The number of aliphatic hydroxyl groups excluding tert-OH is 13. The summed E-state index contributed by atoms with van der Waals surface area (Å²) in [6, 6.07) is -8.80. The Balaban J connectivity index is 1.30. The molecule has 6 aliphatic rings. The molecule has 0 saturated carbocycles. The van der Waals surface area contributed by atoms with Crippen molar-refractivity contribution in [3.8, 4) is 0 Å². The summed E-state index contributed by atoms with van der Waals surface area (Å²) >= 11 is 0. The molecule has 0 aromatic carbocycles. The number of carbonyl (C=O) groups is 5. The van der Waals surface area contributed by atoms with E-state index in [0.717, 1.165) is 34.6 Å². The summed E-state index contributed by atoms with van der Waals surface area (Å²) in [5, 5.41) is 155. The lowest BCUT2D eigenvalue weighted by Crippen LogP contribution is -2.72. The lowest BCUT2D eigenvalue weighted by molar-refractivity contribution is -0.368. The van der Waals surface area contributed by atoms with E-state index in [-0.39, 0.29) is 0 Å². The largest absolute Gasteiger partial charge is 0.399 e. The quantitative estimate of drug-likeness (QED) is 0.0452. The van der Waals surface area contributed by atoms with E-state index in [1.54, 1.807) is 0 Å². The van der Waals surface area contributed by atoms with Gasteiger partial charge in [-0.3, -0.25) is 28.2 Å². The van der Waals surface area contributed by atoms with Crippen molar-refractivity contribution < 1.29 is 159 Å². The molecule has 0 aromatic rings. The highest BCUT2D eigenvalue weighted by atomic mass is 32.3. The number of amides is 5. The molecule has 86 heavy (non-hydrogen) atoms. The van der Waals surface area contributed by atoms with E-state index in [1.807, 2.05) is 0 Å². The van der Waals surface area contributed by atoms with E-state index < -0.39 is 257 Å². The van der Waals surface area contributed by atoms with Crippen LogP contribution in [0.1, 0.15) is 41.5 Å². The van der Waals surface area contributed by atoms with E-state index in [2.05, 4.69) is 30.8 Å². The Morgan fingerprint density at radius 3 is 1.12 bits per heavy atom. The first kappa shape index (κ1) is 71.3. The predicted octanol–water partition coefficient (Wildman–Crippen LogP) is -12.4. The van der Waals surface area contributed by atoms with Gasteiger partial charge in [-0.1, -0.05) is 0 Å². The number of aliphatic hydroxyl groups is 13. The number of ether oxygens (including phenoxy) is 11. The molecule has 0 aromatic heterocycles. The highest BCUT2D eigenvalue weighted by Crippen LogP contribution is 2.37. The molecule has 6 aliphatic heterocycles. The molecule has 0 aliphatic carbocycles. The van der Waals surface area contributed by atoms with E-state index in [0.29, 0.717) is 7.11 Å². The third-order valence-electron chi connectivity index (χ3n) is 14.8. The Morgan fingerprint density at radius 1 is 0.395 bits per heavy atom. The van der Waals surface area contributed by atoms with Gasteiger partial charge in [-0.05, 0) is 6.92 Å². The number of carbonyl (C=O) groups excluding carboxylic acids is 5. The molecule has 39 heteroatoms. The second kappa shape index (κ2) is 30.8. The van der Waals surface area contributed by atoms with Crippen LogP contribution in [0.4, 0.5) is 0 Å². The Kier molecular flexibility index (Phi) is 25.6. The van der Waals surface area contributed by atoms with E-state index in [1.165, 1.54) is 6.92 Å². The van der Waals surface area contributed by atoms with Gasteiger partial charge in [-0.2, -0.15) is 8.42 Å². The fraction of sp³-hybridized carbons (Fsp3) is 0.894. The van der Waals surface area contributed by atoms with Crippen molar-refractivity contribution >= 4 is 39.9 Å². The van der Waals surface area contributed by atoms with Crippen molar-refractivity contribution in [3.05, 3.63) is 0 Å². The molecule has 6 fully saturated rings. The second-order valence-electron chi connectivity index (χ2n) is 21.1. The fourth-order valence-electron chi connectivity index (χ4n) is 10.6. The van der Waals surface area contributed by atoms with Crippen LogP contribution < -0.4 is 26.6 Å². The number of nitrogens with one attached hydrogen (secondary N) is 5. The van der Waals surface area contributed by atoms with Crippen LogP contribution in [0.25, 0.3) is 0 Å². The highest BCUT2D eigenvalue weighted by Gasteiger charge is 2.58. The second-order valence-corrected chi connectivity index (χ2v) is 22.5. The van der Waals surface area contributed by atoms with Gasteiger partial charge in [0.25, 0.3) is 0 Å². The van der Waals surface area contributed by atoms with Gasteiger partial charge >= 0.3 is 10.4 Å². The first-order valence-electron chi connectivity index (χ1n) is 27.0. The molecule has 0 radical (unpaired) electrons. The maximum atomic E-state index is 12.9. The summed E-state index contributed by atoms with van der Waals surface area (Å²) in [5.74, 6) is -4.20. The lowest BCUT2D eigenvalue weighted by atomic mass is 9.93. The Bertz CT molecular complexity index is 2380. The van der Waals surface area contributed by atoms with E-state index >= 15 is 0 Å². The van der Waals surface area contributed by atoms with Gasteiger partial charge in [0.1, 0.15) is 140 Å². The summed E-state index contributed by atoms with van der Waals surface area (Å²) in [6.45, 7) is 1.41. The Morgan fingerprint density at radius 2 is 0.733 bits per heavy atom. The summed E-state index contributed by atoms with van der Waals surface area (Å²) in [4.78, 5) is 63.0. The number of rotatable bonds is 23. The summed E-state index contributed by atoms with van der Waals surface area (Å²) in [7, 11) is -4.19. The fourth-order valence-corrected chi connectivity index (χ4v) is 11.0. The monoisotopic (exact) mass is 1270 g/mol. The topological polar surface area (TPSA) is 563 Å². The van der Waals surface area contributed by atoms with Crippen LogP contribution in [-0.4, -0.2) is 328 Å². The minimum atomic E-state index is -4.91. The summed E-state index contributed by atoms with van der Waals surface area (Å²) in [5.41, 5.74) is 0. The van der Waals surface area contributed by atoms with Gasteiger partial charge in [0, 0.05) is 34.6 Å². The molecule has 6 saturated heterocycles. The molecule has 6 heterocycles. The summed E-state index contributed by atoms with van der Waals surface area (Å²) in [6.07, 6.45) is -46.2. The van der Waals surface area contributed by atoms with Crippen molar-refractivity contribution in [2.45, 2.75) is 225 Å². The molecule has 0 spiro atoms. The minimum Gasteiger partial charge on any atom is -0.394 e. The van der Waals surface area contributed by atoms with Crippen LogP contribution in [0.3, 0.4) is 0 Å². The molecule has 496 valence electrons. The number of hydrogen-bond acceptors (Lipinski definition) is 33. The maximum Gasteiger partial charge on any atom is 0.399 e. The van der Waals surface area contributed by atoms with Crippen LogP contribution in [0, 0.1) is 0 Å². The van der Waals surface area contributed by atoms with Crippen LogP contribution >= 0.6 is 0 Å². The molecular weight excluding hydrogens is 1190 g/mol. The van der Waals surface area contributed by atoms with Gasteiger partial charge in [0.05, 0.1) is 46.2 Å². The average Bonchev–Trinajstić information content (AvgIpc) is 2.14. The first-order valence-corrected chi connectivity index (χ1v) is 28.3. The molecular formula is C47H79N5O33S. The van der Waals surface area contributed by atoms with Crippen molar-refractivity contribution in [2.24, 2.45) is 0 Å². The minimum absolute atomic E-state index is 0.714. The van der Waals surface area contributed by atoms with Crippen LogP contribution in [0.2, 0.25) is 0 Å². The average molecular weight is 1270 g/mol. The molecule has 5 amide bonds. The molecule has 38 nitrogen and oxygen atoms in total. The Labute approximate surface area is 490 Å². The van der Waals surface area contributed by atoms with Gasteiger partial charge < -0.3 is 145 Å². The van der Waals surface area contributed by atoms with Gasteiger partial charge in [-0.25, -0.2) is 4.18 Å². The normalized spacial score (nSPS) is 44.0. The first-order chi connectivity index (χ1) is 40.4. The molecule has 0 bridgehead atoms. The molecule has 30 atom stereocenters. The van der Waals surface area contributed by atoms with Crippen molar-refractivity contribution in [2.75, 3.05) is 40.1 Å². The lowest BCUT2D eigenvalue weighted by Gasteiger charge is -2.51. The van der Waals surface area contributed by atoms with Crippen LogP contribution in [-0.2, 0) is 94.8 Å². The van der Waals surface area contributed by atoms with Gasteiger partial charge in [0.2, 0.25) is 29.5 Å². The van der Waals surface area contributed by atoms with Crippen molar-refractivity contribution in [3.63, 3.8) is 0 Å². The zero-order valence-corrected chi connectivity index (χ0v) is 48.1. The van der Waals surface area contributed by atoms with Crippen LogP contribution in [0.5, 0.6) is 0 Å². The Hall–Kier alpha value is -3.74. The molecule has 18 N–H and O–H groups in total. The SMILES string of the molecule is COS(=O)(=O)OCC1OC(OC2C(COC3OC(C)C(O)C(O)C3O)OC(O)C(NC(C)=O)C2O)C(NC(C)=O)C(O)C1OC1OC(CO)C(OC2OC(CO)C(OC3OC(CO)C(O)C(O)C3NC(C)=O)C(O)C2NC(C)=O)C(O)C1NC(C)=O. The number of hydrogen-bond donors (Lipinski definition) is 18. The molecule has 30 unspecified atom stereocenters. The predicted molar refractivity (Wildman–Crippen MR) is 271 cm³/mol.